The molecule has 4 heteroatoms. The highest BCUT2D eigenvalue weighted by Crippen LogP contribution is 2.27. The molecule has 1 saturated carbocycles. The van der Waals surface area contributed by atoms with Gasteiger partial charge in [0.25, 0.3) is 0 Å². The van der Waals surface area contributed by atoms with Gasteiger partial charge in [0.2, 0.25) is 0 Å². The minimum absolute atomic E-state index is 0.385. The van der Waals surface area contributed by atoms with Gasteiger partial charge in [-0.15, -0.1) is 0 Å². The monoisotopic (exact) mass is 291 g/mol. The molecule has 1 heterocycles. The van der Waals surface area contributed by atoms with E-state index in [9.17, 15) is 0 Å². The fourth-order valence-electron chi connectivity index (χ4n) is 2.68. The van der Waals surface area contributed by atoms with E-state index in [1.807, 2.05) is 12.1 Å². The molecular formula is C17H25NO3. The van der Waals surface area contributed by atoms with E-state index >= 15 is 0 Å². The van der Waals surface area contributed by atoms with Crippen LogP contribution in [0.2, 0.25) is 0 Å². The Morgan fingerprint density at radius 3 is 2.90 bits per heavy atom. The van der Waals surface area contributed by atoms with Crippen molar-refractivity contribution in [1.29, 1.82) is 0 Å². The van der Waals surface area contributed by atoms with Crippen LogP contribution in [0.4, 0.5) is 0 Å². The molecule has 2 aliphatic rings. The summed E-state index contributed by atoms with van der Waals surface area (Å²) >= 11 is 0. The fraction of sp³-hybridized carbons (Fsp3) is 0.647. The van der Waals surface area contributed by atoms with Crippen LogP contribution in [0.5, 0.6) is 11.5 Å². The summed E-state index contributed by atoms with van der Waals surface area (Å²) in [4.78, 5) is 0. The van der Waals surface area contributed by atoms with E-state index in [0.29, 0.717) is 18.8 Å². The van der Waals surface area contributed by atoms with E-state index in [2.05, 4.69) is 11.4 Å². The lowest BCUT2D eigenvalue weighted by Gasteiger charge is -2.15. The van der Waals surface area contributed by atoms with Gasteiger partial charge in [0.1, 0.15) is 11.5 Å². The van der Waals surface area contributed by atoms with Crippen LogP contribution in [0.3, 0.4) is 0 Å². The number of ether oxygens (including phenoxy) is 3. The van der Waals surface area contributed by atoms with Crippen LogP contribution >= 0.6 is 0 Å². The summed E-state index contributed by atoms with van der Waals surface area (Å²) < 4.78 is 16.9. The largest absolute Gasteiger partial charge is 0.497 e. The van der Waals surface area contributed by atoms with Crippen molar-refractivity contribution in [3.05, 3.63) is 23.8 Å². The van der Waals surface area contributed by atoms with Crippen LogP contribution in [-0.4, -0.2) is 32.5 Å². The van der Waals surface area contributed by atoms with Gasteiger partial charge in [-0.05, 0) is 43.9 Å². The molecule has 116 valence electrons. The molecule has 21 heavy (non-hydrogen) atoms. The molecule has 0 radical (unpaired) electrons. The van der Waals surface area contributed by atoms with Gasteiger partial charge in [-0.3, -0.25) is 0 Å². The Morgan fingerprint density at radius 1 is 1.29 bits per heavy atom. The molecule has 0 bridgehead atoms. The van der Waals surface area contributed by atoms with Gasteiger partial charge in [0, 0.05) is 31.2 Å². The van der Waals surface area contributed by atoms with Gasteiger partial charge in [0.05, 0.1) is 19.8 Å². The zero-order valence-electron chi connectivity index (χ0n) is 12.8. The molecular weight excluding hydrogens is 266 g/mol. The SMILES string of the molecule is COc1ccc(OCCC2CCCO2)c(CNC2CC2)c1. The van der Waals surface area contributed by atoms with Crippen LogP contribution in [0.15, 0.2) is 18.2 Å². The summed E-state index contributed by atoms with van der Waals surface area (Å²) in [5, 5.41) is 3.54. The first-order chi connectivity index (χ1) is 10.3. The van der Waals surface area contributed by atoms with Gasteiger partial charge in [0.15, 0.2) is 0 Å². The zero-order chi connectivity index (χ0) is 14.5. The molecule has 1 aliphatic heterocycles. The van der Waals surface area contributed by atoms with Crippen molar-refractivity contribution in [2.45, 2.75) is 50.8 Å². The Balaban J connectivity index is 1.55. The number of methoxy groups -OCH3 is 1. The van der Waals surface area contributed by atoms with Crippen LogP contribution in [0.1, 0.15) is 37.7 Å². The maximum Gasteiger partial charge on any atom is 0.124 e. The second kappa shape index (κ2) is 7.14. The van der Waals surface area contributed by atoms with Crippen molar-refractivity contribution in [3.63, 3.8) is 0 Å². The Hall–Kier alpha value is -1.26. The fourth-order valence-corrected chi connectivity index (χ4v) is 2.68. The summed E-state index contributed by atoms with van der Waals surface area (Å²) in [6.45, 7) is 2.47. The van der Waals surface area contributed by atoms with E-state index in [4.69, 9.17) is 14.2 Å². The smallest absolute Gasteiger partial charge is 0.124 e. The van der Waals surface area contributed by atoms with Gasteiger partial charge >= 0.3 is 0 Å². The quantitative estimate of drug-likeness (QED) is 0.799. The molecule has 0 aromatic heterocycles. The third kappa shape index (κ3) is 4.35. The maximum absolute atomic E-state index is 5.98. The summed E-state index contributed by atoms with van der Waals surface area (Å²) in [5.41, 5.74) is 1.17. The molecule has 2 fully saturated rings. The second-order valence-corrected chi connectivity index (χ2v) is 5.90. The molecule has 0 amide bonds. The van der Waals surface area contributed by atoms with E-state index < -0.39 is 0 Å². The zero-order valence-corrected chi connectivity index (χ0v) is 12.8. The Morgan fingerprint density at radius 2 is 2.19 bits per heavy atom. The first-order valence-corrected chi connectivity index (χ1v) is 8.00. The number of hydrogen-bond acceptors (Lipinski definition) is 4. The minimum atomic E-state index is 0.385. The standard InChI is InChI=1S/C17H25NO3/c1-19-16-6-7-17(13(11-16)12-18-14-4-5-14)21-10-8-15-3-2-9-20-15/h6-7,11,14-15,18H,2-5,8-10,12H2,1H3. The van der Waals surface area contributed by atoms with E-state index in [0.717, 1.165) is 31.1 Å². The topological polar surface area (TPSA) is 39.7 Å². The number of nitrogens with one attached hydrogen (secondary N) is 1. The van der Waals surface area contributed by atoms with Gasteiger partial charge in [-0.25, -0.2) is 0 Å². The minimum Gasteiger partial charge on any atom is -0.497 e. The molecule has 1 aromatic carbocycles. The molecule has 1 N–H and O–H groups in total. The first kappa shape index (κ1) is 14.7. The van der Waals surface area contributed by atoms with Crippen LogP contribution < -0.4 is 14.8 Å². The van der Waals surface area contributed by atoms with Crippen LogP contribution in [0.25, 0.3) is 0 Å². The Kier molecular flexibility index (Phi) is 4.99. The van der Waals surface area contributed by atoms with Crippen molar-refractivity contribution in [3.8, 4) is 11.5 Å². The number of benzene rings is 1. The number of rotatable bonds is 8. The van der Waals surface area contributed by atoms with Crippen molar-refractivity contribution in [1.82, 2.24) is 5.32 Å². The van der Waals surface area contributed by atoms with Crippen molar-refractivity contribution >= 4 is 0 Å². The Labute approximate surface area is 126 Å². The highest BCUT2D eigenvalue weighted by Gasteiger charge is 2.21. The lowest BCUT2D eigenvalue weighted by atomic mass is 10.1. The second-order valence-electron chi connectivity index (χ2n) is 5.90. The third-order valence-corrected chi connectivity index (χ3v) is 4.15. The highest BCUT2D eigenvalue weighted by molar-refractivity contribution is 5.40. The van der Waals surface area contributed by atoms with Gasteiger partial charge in [-0.1, -0.05) is 0 Å². The summed E-state index contributed by atoms with van der Waals surface area (Å²) in [5.74, 6) is 1.84. The highest BCUT2D eigenvalue weighted by atomic mass is 16.5. The van der Waals surface area contributed by atoms with Gasteiger partial charge in [-0.2, -0.15) is 0 Å². The molecule has 1 saturated heterocycles. The molecule has 4 nitrogen and oxygen atoms in total. The summed E-state index contributed by atoms with van der Waals surface area (Å²) in [6.07, 6.45) is 6.29. The lowest BCUT2D eigenvalue weighted by molar-refractivity contribution is 0.0902. The predicted molar refractivity (Wildman–Crippen MR) is 81.9 cm³/mol. The van der Waals surface area contributed by atoms with Crippen molar-refractivity contribution < 1.29 is 14.2 Å². The molecule has 1 unspecified atom stereocenters. The van der Waals surface area contributed by atoms with Crippen LogP contribution in [0, 0.1) is 0 Å². The van der Waals surface area contributed by atoms with Gasteiger partial charge < -0.3 is 19.5 Å². The summed E-state index contributed by atoms with van der Waals surface area (Å²) in [7, 11) is 1.70. The van der Waals surface area contributed by atoms with Crippen molar-refractivity contribution in [2.24, 2.45) is 0 Å². The molecule has 3 rings (SSSR count). The van der Waals surface area contributed by atoms with E-state index in [-0.39, 0.29) is 0 Å². The molecule has 1 aromatic rings. The van der Waals surface area contributed by atoms with Crippen molar-refractivity contribution in [2.75, 3.05) is 20.3 Å². The summed E-state index contributed by atoms with van der Waals surface area (Å²) in [6, 6.07) is 6.73. The van der Waals surface area contributed by atoms with Crippen LogP contribution in [-0.2, 0) is 11.3 Å². The molecule has 1 aliphatic carbocycles. The van der Waals surface area contributed by atoms with E-state index in [1.54, 1.807) is 7.11 Å². The average Bonchev–Trinajstić information content (AvgIpc) is 3.20. The average molecular weight is 291 g/mol. The maximum atomic E-state index is 5.98. The lowest BCUT2D eigenvalue weighted by Crippen LogP contribution is -2.17. The first-order valence-electron chi connectivity index (χ1n) is 8.00. The molecule has 0 spiro atoms. The third-order valence-electron chi connectivity index (χ3n) is 4.15. The molecule has 1 atom stereocenters. The van der Waals surface area contributed by atoms with E-state index in [1.165, 1.54) is 31.2 Å². The number of hydrogen-bond donors (Lipinski definition) is 1. The predicted octanol–water partition coefficient (Wildman–Crippen LogP) is 2.90. The Bertz CT molecular complexity index is 453. The normalized spacial score (nSPS) is 21.5.